The molecule has 6 heteroatoms. The summed E-state index contributed by atoms with van der Waals surface area (Å²) in [4.78, 5) is 24.7. The van der Waals surface area contributed by atoms with Crippen molar-refractivity contribution in [2.24, 2.45) is 0 Å². The van der Waals surface area contributed by atoms with E-state index in [-0.39, 0.29) is 5.91 Å². The Morgan fingerprint density at radius 1 is 1.33 bits per heavy atom. The third kappa shape index (κ3) is 5.83. The number of amides is 1. The minimum atomic E-state index is -0.678. The van der Waals surface area contributed by atoms with Gasteiger partial charge in [-0.3, -0.25) is 9.69 Å². The van der Waals surface area contributed by atoms with Crippen molar-refractivity contribution in [1.82, 2.24) is 10.2 Å². The van der Waals surface area contributed by atoms with Gasteiger partial charge in [0.25, 0.3) is 0 Å². The Labute approximate surface area is 125 Å². The predicted octanol–water partition coefficient (Wildman–Crippen LogP) is 0.805. The van der Waals surface area contributed by atoms with Crippen LogP contribution in [0.25, 0.3) is 0 Å². The van der Waals surface area contributed by atoms with Gasteiger partial charge in [-0.05, 0) is 24.7 Å². The lowest BCUT2D eigenvalue weighted by atomic mass is 10.2. The summed E-state index contributed by atoms with van der Waals surface area (Å²) in [5.74, 6) is 0.0650. The van der Waals surface area contributed by atoms with Gasteiger partial charge in [0, 0.05) is 20.0 Å². The zero-order valence-electron chi connectivity index (χ0n) is 12.9. The first-order chi connectivity index (χ1) is 9.96. The number of nitrogens with one attached hydrogen (secondary N) is 1. The van der Waals surface area contributed by atoms with Crippen LogP contribution < -0.4 is 10.1 Å². The van der Waals surface area contributed by atoms with Crippen molar-refractivity contribution >= 4 is 11.9 Å². The highest BCUT2D eigenvalue weighted by atomic mass is 16.5. The Morgan fingerprint density at radius 2 is 2.05 bits per heavy atom. The zero-order chi connectivity index (χ0) is 15.8. The molecule has 0 bridgehead atoms. The molecule has 0 saturated heterocycles. The maximum atomic E-state index is 11.7. The quantitative estimate of drug-likeness (QED) is 0.754. The standard InChI is InChI=1S/C15H22N2O4/c1-11(18)16-14(15(19)21-4)10-17(2)9-12-6-5-7-13(8-12)20-3/h5-8,14H,9-10H2,1-4H3,(H,16,18). The number of ether oxygens (including phenoxy) is 2. The van der Waals surface area contributed by atoms with Crippen LogP contribution >= 0.6 is 0 Å². The van der Waals surface area contributed by atoms with Gasteiger partial charge in [0.05, 0.1) is 14.2 Å². The molecule has 0 heterocycles. The average molecular weight is 294 g/mol. The van der Waals surface area contributed by atoms with E-state index in [1.54, 1.807) is 7.11 Å². The van der Waals surface area contributed by atoms with E-state index in [2.05, 4.69) is 5.32 Å². The third-order valence-electron chi connectivity index (χ3n) is 2.94. The van der Waals surface area contributed by atoms with Gasteiger partial charge in [0.1, 0.15) is 11.8 Å². The van der Waals surface area contributed by atoms with Crippen LogP contribution in [0.3, 0.4) is 0 Å². The maximum Gasteiger partial charge on any atom is 0.329 e. The molecule has 1 rings (SSSR count). The molecule has 1 aromatic rings. The lowest BCUT2D eigenvalue weighted by Crippen LogP contribution is -2.47. The number of hydrogen-bond donors (Lipinski definition) is 1. The molecule has 21 heavy (non-hydrogen) atoms. The Balaban J connectivity index is 2.66. The molecular weight excluding hydrogens is 272 g/mol. The summed E-state index contributed by atoms with van der Waals surface area (Å²) in [6.07, 6.45) is 0. The molecule has 1 N–H and O–H groups in total. The van der Waals surface area contributed by atoms with E-state index >= 15 is 0 Å². The van der Waals surface area contributed by atoms with E-state index in [4.69, 9.17) is 9.47 Å². The van der Waals surface area contributed by atoms with Crippen molar-refractivity contribution in [3.8, 4) is 5.75 Å². The van der Waals surface area contributed by atoms with Crippen molar-refractivity contribution in [1.29, 1.82) is 0 Å². The molecule has 0 saturated carbocycles. The number of likely N-dealkylation sites (N-methyl/N-ethyl adjacent to an activating group) is 1. The van der Waals surface area contributed by atoms with E-state index < -0.39 is 12.0 Å². The smallest absolute Gasteiger partial charge is 0.329 e. The monoisotopic (exact) mass is 294 g/mol. The molecule has 0 spiro atoms. The van der Waals surface area contributed by atoms with Crippen molar-refractivity contribution in [2.45, 2.75) is 19.5 Å². The highest BCUT2D eigenvalue weighted by Gasteiger charge is 2.21. The molecule has 0 aliphatic heterocycles. The molecule has 1 amide bonds. The maximum absolute atomic E-state index is 11.7. The number of benzene rings is 1. The summed E-state index contributed by atoms with van der Waals surface area (Å²) >= 11 is 0. The van der Waals surface area contributed by atoms with E-state index in [1.807, 2.05) is 36.2 Å². The molecule has 0 aromatic heterocycles. The van der Waals surface area contributed by atoms with E-state index in [1.165, 1.54) is 14.0 Å². The Bertz CT molecular complexity index is 490. The molecule has 6 nitrogen and oxygen atoms in total. The lowest BCUT2D eigenvalue weighted by Gasteiger charge is -2.23. The molecule has 0 fully saturated rings. The molecule has 0 aliphatic carbocycles. The summed E-state index contributed by atoms with van der Waals surface area (Å²) in [6, 6.07) is 7.02. The van der Waals surface area contributed by atoms with E-state index in [9.17, 15) is 9.59 Å². The van der Waals surface area contributed by atoms with Crippen molar-refractivity contribution in [3.05, 3.63) is 29.8 Å². The van der Waals surface area contributed by atoms with Crippen molar-refractivity contribution in [3.63, 3.8) is 0 Å². The number of carbonyl (C=O) groups is 2. The third-order valence-corrected chi connectivity index (χ3v) is 2.94. The van der Waals surface area contributed by atoms with Gasteiger partial charge in [0.2, 0.25) is 5.91 Å². The van der Waals surface area contributed by atoms with Crippen LogP contribution in [0.2, 0.25) is 0 Å². The molecule has 1 atom stereocenters. The van der Waals surface area contributed by atoms with Crippen molar-refractivity contribution in [2.75, 3.05) is 27.8 Å². The molecule has 116 valence electrons. The summed E-state index contributed by atoms with van der Waals surface area (Å²) in [5.41, 5.74) is 1.06. The second kappa shape index (κ2) is 8.26. The van der Waals surface area contributed by atoms with Gasteiger partial charge >= 0.3 is 5.97 Å². The fourth-order valence-corrected chi connectivity index (χ4v) is 2.03. The van der Waals surface area contributed by atoms with Gasteiger partial charge in [0.15, 0.2) is 0 Å². The van der Waals surface area contributed by atoms with Gasteiger partial charge in [-0.25, -0.2) is 4.79 Å². The molecule has 0 radical (unpaired) electrons. The Morgan fingerprint density at radius 3 is 2.62 bits per heavy atom. The number of esters is 1. The van der Waals surface area contributed by atoms with Gasteiger partial charge in [-0.1, -0.05) is 12.1 Å². The first-order valence-corrected chi connectivity index (χ1v) is 6.62. The average Bonchev–Trinajstić information content (AvgIpc) is 2.45. The van der Waals surface area contributed by atoms with E-state index in [0.717, 1.165) is 11.3 Å². The number of carbonyl (C=O) groups excluding carboxylic acids is 2. The normalized spacial score (nSPS) is 11.9. The summed E-state index contributed by atoms with van der Waals surface area (Å²) in [7, 11) is 4.79. The molecular formula is C15H22N2O4. The second-order valence-corrected chi connectivity index (χ2v) is 4.82. The summed E-state index contributed by atoms with van der Waals surface area (Å²) < 4.78 is 9.88. The summed E-state index contributed by atoms with van der Waals surface area (Å²) in [6.45, 7) is 2.37. The van der Waals surface area contributed by atoms with Crippen LogP contribution in [-0.2, 0) is 20.9 Å². The topological polar surface area (TPSA) is 67.9 Å². The molecule has 1 aromatic carbocycles. The second-order valence-electron chi connectivity index (χ2n) is 4.82. The fraction of sp³-hybridized carbons (Fsp3) is 0.467. The van der Waals surface area contributed by atoms with Crippen LogP contribution in [-0.4, -0.2) is 50.6 Å². The highest BCUT2D eigenvalue weighted by molar-refractivity contribution is 5.83. The van der Waals surface area contributed by atoms with Crippen LogP contribution in [0.4, 0.5) is 0 Å². The largest absolute Gasteiger partial charge is 0.497 e. The number of nitrogens with zero attached hydrogens (tertiary/aromatic N) is 1. The predicted molar refractivity (Wildman–Crippen MR) is 78.9 cm³/mol. The first-order valence-electron chi connectivity index (χ1n) is 6.62. The first kappa shape index (κ1) is 17.0. The molecule has 1 unspecified atom stereocenters. The summed E-state index contributed by atoms with van der Waals surface area (Å²) in [5, 5.41) is 2.59. The lowest BCUT2D eigenvalue weighted by molar-refractivity contribution is -0.145. The van der Waals surface area contributed by atoms with Crippen LogP contribution in [0.15, 0.2) is 24.3 Å². The fourth-order valence-electron chi connectivity index (χ4n) is 2.03. The zero-order valence-corrected chi connectivity index (χ0v) is 12.9. The van der Waals surface area contributed by atoms with Crippen LogP contribution in [0.1, 0.15) is 12.5 Å². The van der Waals surface area contributed by atoms with Gasteiger partial charge < -0.3 is 14.8 Å². The van der Waals surface area contributed by atoms with Gasteiger partial charge in [-0.2, -0.15) is 0 Å². The van der Waals surface area contributed by atoms with E-state index in [0.29, 0.717) is 13.1 Å². The van der Waals surface area contributed by atoms with Crippen LogP contribution in [0.5, 0.6) is 5.75 Å². The van der Waals surface area contributed by atoms with Crippen LogP contribution in [0, 0.1) is 0 Å². The minimum absolute atomic E-state index is 0.264. The number of rotatable bonds is 7. The number of methoxy groups -OCH3 is 2. The number of hydrogen-bond acceptors (Lipinski definition) is 5. The minimum Gasteiger partial charge on any atom is -0.497 e. The Kier molecular flexibility index (Phi) is 6.68. The highest BCUT2D eigenvalue weighted by Crippen LogP contribution is 2.14. The SMILES string of the molecule is COC(=O)C(CN(C)Cc1cccc(OC)c1)NC(C)=O. The molecule has 0 aliphatic rings. The Hall–Kier alpha value is -2.08. The van der Waals surface area contributed by atoms with Crippen molar-refractivity contribution < 1.29 is 19.1 Å². The van der Waals surface area contributed by atoms with Gasteiger partial charge in [-0.15, -0.1) is 0 Å².